The summed E-state index contributed by atoms with van der Waals surface area (Å²) in [5, 5.41) is 1.70. The Morgan fingerprint density at radius 1 is 0.911 bits per heavy atom. The summed E-state index contributed by atoms with van der Waals surface area (Å²) >= 11 is 6.20. The van der Waals surface area contributed by atoms with Crippen LogP contribution in [0.4, 0.5) is 0 Å². The second-order valence-electron chi connectivity index (χ2n) is 11.4. The first-order valence-electron chi connectivity index (χ1n) is 15.6. The van der Waals surface area contributed by atoms with Gasteiger partial charge in [-0.15, -0.1) is 0 Å². The Balaban J connectivity index is 1.30. The lowest BCUT2D eigenvalue weighted by molar-refractivity contribution is 0.0689. The number of amides is 2. The summed E-state index contributed by atoms with van der Waals surface area (Å²) in [7, 11) is 0. The third-order valence-electron chi connectivity index (χ3n) is 8.63. The number of halogens is 1. The Morgan fingerprint density at radius 2 is 1.69 bits per heavy atom. The number of hydrogen-bond acceptors (Lipinski definition) is 3. The SMILES string of the molecule is CCN(CC)C(=O)c1ccccc1CCC(c1cccc(/C=C/c2ccc3ccc(Cl)cc3n2)c1)N1Cc2ccccc2C1=O. The van der Waals surface area contributed by atoms with Gasteiger partial charge < -0.3 is 9.80 Å². The number of aryl methyl sites for hydroxylation is 1. The summed E-state index contributed by atoms with van der Waals surface area (Å²) < 4.78 is 0. The number of hydrogen-bond donors (Lipinski definition) is 0. The fourth-order valence-electron chi connectivity index (χ4n) is 6.20. The van der Waals surface area contributed by atoms with Gasteiger partial charge in [0.25, 0.3) is 11.8 Å². The van der Waals surface area contributed by atoms with Gasteiger partial charge in [-0.05, 0) is 91.4 Å². The molecule has 0 spiro atoms. The molecule has 0 N–H and O–H groups in total. The molecule has 1 aliphatic rings. The third kappa shape index (κ3) is 6.54. The van der Waals surface area contributed by atoms with E-state index in [-0.39, 0.29) is 17.9 Å². The highest BCUT2D eigenvalue weighted by Crippen LogP contribution is 2.35. The van der Waals surface area contributed by atoms with Crippen molar-refractivity contribution in [2.45, 2.75) is 39.3 Å². The molecule has 5 aromatic rings. The topological polar surface area (TPSA) is 53.5 Å². The lowest BCUT2D eigenvalue weighted by Crippen LogP contribution is -2.32. The van der Waals surface area contributed by atoms with Gasteiger partial charge in [-0.25, -0.2) is 4.98 Å². The fourth-order valence-corrected chi connectivity index (χ4v) is 6.37. The highest BCUT2D eigenvalue weighted by atomic mass is 35.5. The lowest BCUT2D eigenvalue weighted by atomic mass is 9.94. The number of rotatable bonds is 10. The van der Waals surface area contributed by atoms with Crippen molar-refractivity contribution >= 4 is 46.5 Å². The molecular formula is C39H36ClN3O2. The maximum Gasteiger partial charge on any atom is 0.255 e. The molecule has 226 valence electrons. The number of nitrogens with zero attached hydrogens (tertiary/aromatic N) is 3. The molecule has 0 radical (unpaired) electrons. The van der Waals surface area contributed by atoms with E-state index in [4.69, 9.17) is 16.6 Å². The summed E-state index contributed by atoms with van der Waals surface area (Å²) in [4.78, 5) is 35.7. The molecule has 45 heavy (non-hydrogen) atoms. The first kappa shape index (κ1) is 30.3. The molecule has 0 fully saturated rings. The van der Waals surface area contributed by atoms with Crippen molar-refractivity contribution < 1.29 is 9.59 Å². The van der Waals surface area contributed by atoms with E-state index in [1.165, 1.54) is 0 Å². The van der Waals surface area contributed by atoms with Crippen LogP contribution in [0.5, 0.6) is 0 Å². The van der Waals surface area contributed by atoms with Crippen LogP contribution < -0.4 is 0 Å². The Bertz CT molecular complexity index is 1900. The summed E-state index contributed by atoms with van der Waals surface area (Å²) in [5.41, 5.74) is 7.31. The Labute approximate surface area is 269 Å². The Kier molecular flexibility index (Phi) is 9.08. The molecule has 0 bridgehead atoms. The maximum atomic E-state index is 13.7. The van der Waals surface area contributed by atoms with Gasteiger partial charge in [0.15, 0.2) is 0 Å². The molecule has 0 saturated carbocycles. The molecule has 1 aliphatic heterocycles. The van der Waals surface area contributed by atoms with Crippen molar-refractivity contribution in [3.8, 4) is 0 Å². The average molecular weight is 614 g/mol. The molecule has 1 aromatic heterocycles. The van der Waals surface area contributed by atoms with Crippen molar-refractivity contribution in [2.24, 2.45) is 0 Å². The van der Waals surface area contributed by atoms with Crippen LogP contribution in [0.25, 0.3) is 23.1 Å². The minimum atomic E-state index is -0.171. The predicted octanol–water partition coefficient (Wildman–Crippen LogP) is 8.87. The molecule has 0 saturated heterocycles. The van der Waals surface area contributed by atoms with Crippen LogP contribution in [0.3, 0.4) is 0 Å². The standard InChI is InChI=1S/C39H36ClN3O2/c1-3-42(4-2)38(44)34-14-7-5-11-28(34)19-23-37(43-26-31-12-6-8-15-35(31)39(43)45)30-13-9-10-27(24-30)16-21-33-22-18-29-17-20-32(40)25-36(29)41-33/h5-18,20-22,24-25,37H,3-4,19,23,26H2,1-2H3/b21-16+. The molecule has 5 nitrogen and oxygen atoms in total. The molecule has 2 heterocycles. The zero-order valence-electron chi connectivity index (χ0n) is 25.6. The van der Waals surface area contributed by atoms with Gasteiger partial charge >= 0.3 is 0 Å². The summed E-state index contributed by atoms with van der Waals surface area (Å²) in [6.07, 6.45) is 5.40. The largest absolute Gasteiger partial charge is 0.339 e. The van der Waals surface area contributed by atoms with Gasteiger partial charge in [-0.1, -0.05) is 84.4 Å². The molecule has 6 heteroatoms. The van der Waals surface area contributed by atoms with Crippen LogP contribution >= 0.6 is 11.6 Å². The van der Waals surface area contributed by atoms with Crippen molar-refractivity contribution in [3.63, 3.8) is 0 Å². The van der Waals surface area contributed by atoms with E-state index in [0.717, 1.165) is 50.0 Å². The van der Waals surface area contributed by atoms with Gasteiger partial charge in [-0.2, -0.15) is 0 Å². The zero-order valence-corrected chi connectivity index (χ0v) is 26.4. The van der Waals surface area contributed by atoms with Crippen LogP contribution in [0, 0.1) is 0 Å². The van der Waals surface area contributed by atoms with E-state index < -0.39 is 0 Å². The smallest absolute Gasteiger partial charge is 0.255 e. The van der Waals surface area contributed by atoms with Crippen molar-refractivity contribution in [2.75, 3.05) is 13.1 Å². The van der Waals surface area contributed by atoms with Crippen molar-refractivity contribution in [3.05, 3.63) is 147 Å². The minimum absolute atomic E-state index is 0.0445. The van der Waals surface area contributed by atoms with Crippen molar-refractivity contribution in [1.29, 1.82) is 0 Å². The van der Waals surface area contributed by atoms with E-state index in [2.05, 4.69) is 24.3 Å². The minimum Gasteiger partial charge on any atom is -0.339 e. The average Bonchev–Trinajstić information content (AvgIpc) is 3.40. The molecule has 1 atom stereocenters. The molecular weight excluding hydrogens is 578 g/mol. The monoisotopic (exact) mass is 613 g/mol. The second kappa shape index (κ2) is 13.5. The van der Waals surface area contributed by atoms with E-state index in [1.807, 2.05) is 115 Å². The molecule has 0 aliphatic carbocycles. The van der Waals surface area contributed by atoms with Gasteiger partial charge in [0, 0.05) is 41.2 Å². The van der Waals surface area contributed by atoms with Crippen LogP contribution in [-0.2, 0) is 13.0 Å². The Morgan fingerprint density at radius 3 is 2.51 bits per heavy atom. The van der Waals surface area contributed by atoms with Crippen LogP contribution in [0.1, 0.15) is 75.0 Å². The number of aromatic nitrogens is 1. The molecule has 2 amide bonds. The summed E-state index contributed by atoms with van der Waals surface area (Å²) in [6, 6.07) is 33.7. The Hall–Kier alpha value is -4.74. The normalized spacial score (nSPS) is 13.4. The number of pyridine rings is 1. The first-order valence-corrected chi connectivity index (χ1v) is 15.9. The summed E-state index contributed by atoms with van der Waals surface area (Å²) in [5.74, 6) is 0.0941. The van der Waals surface area contributed by atoms with Gasteiger partial charge in [0.1, 0.15) is 0 Å². The van der Waals surface area contributed by atoms with Crippen LogP contribution in [-0.4, -0.2) is 39.7 Å². The summed E-state index contributed by atoms with van der Waals surface area (Å²) in [6.45, 7) is 5.89. The van der Waals surface area contributed by atoms with Gasteiger partial charge in [-0.3, -0.25) is 9.59 Å². The number of fused-ring (bicyclic) bond motifs is 2. The number of benzene rings is 4. The molecule has 1 unspecified atom stereocenters. The third-order valence-corrected chi connectivity index (χ3v) is 8.86. The van der Waals surface area contributed by atoms with E-state index in [0.29, 0.717) is 37.5 Å². The number of carbonyl (C=O) groups excluding carboxylic acids is 2. The quantitative estimate of drug-likeness (QED) is 0.158. The first-order chi connectivity index (χ1) is 21.9. The maximum absolute atomic E-state index is 13.7. The molecule has 4 aromatic carbocycles. The van der Waals surface area contributed by atoms with Crippen LogP contribution in [0.2, 0.25) is 5.02 Å². The van der Waals surface area contributed by atoms with Gasteiger partial charge in [0.2, 0.25) is 0 Å². The fraction of sp³-hybridized carbons (Fsp3) is 0.205. The predicted molar refractivity (Wildman–Crippen MR) is 183 cm³/mol. The van der Waals surface area contributed by atoms with Gasteiger partial charge in [0.05, 0.1) is 17.3 Å². The second-order valence-corrected chi connectivity index (χ2v) is 11.8. The highest BCUT2D eigenvalue weighted by molar-refractivity contribution is 6.31. The lowest BCUT2D eigenvalue weighted by Gasteiger charge is -2.29. The van der Waals surface area contributed by atoms with Crippen LogP contribution in [0.15, 0.2) is 103 Å². The van der Waals surface area contributed by atoms with E-state index >= 15 is 0 Å². The van der Waals surface area contributed by atoms with Crippen molar-refractivity contribution in [1.82, 2.24) is 14.8 Å². The molecule has 6 rings (SSSR count). The van der Waals surface area contributed by atoms with E-state index in [1.54, 1.807) is 0 Å². The van der Waals surface area contributed by atoms with E-state index in [9.17, 15) is 9.59 Å². The zero-order chi connectivity index (χ0) is 31.3. The highest BCUT2D eigenvalue weighted by Gasteiger charge is 2.33. The number of carbonyl (C=O) groups is 2.